The molecule has 1 fully saturated rings. The molecule has 0 atom stereocenters. The number of para-hydroxylation sites is 2. The van der Waals surface area contributed by atoms with Crippen molar-refractivity contribution < 1.29 is 9.31 Å². The highest BCUT2D eigenvalue weighted by Crippen LogP contribution is 2.37. The van der Waals surface area contributed by atoms with Crippen molar-refractivity contribution in [3.8, 4) is 11.4 Å². The van der Waals surface area contributed by atoms with Gasteiger partial charge in [0.1, 0.15) is 0 Å². The molecule has 0 saturated carbocycles. The van der Waals surface area contributed by atoms with Crippen molar-refractivity contribution in [1.29, 1.82) is 0 Å². The van der Waals surface area contributed by atoms with Crippen molar-refractivity contribution in [2.45, 2.75) is 38.9 Å². The van der Waals surface area contributed by atoms with E-state index in [9.17, 15) is 0 Å². The second kappa shape index (κ2) is 7.11. The largest absolute Gasteiger partial charge is 0.494 e. The van der Waals surface area contributed by atoms with E-state index in [4.69, 9.17) is 9.31 Å². The maximum atomic E-state index is 6.43. The summed E-state index contributed by atoms with van der Waals surface area (Å²) >= 11 is 0. The van der Waals surface area contributed by atoms with Crippen molar-refractivity contribution in [2.75, 3.05) is 0 Å². The molecule has 3 aromatic carbocycles. The van der Waals surface area contributed by atoms with Crippen LogP contribution in [0.1, 0.15) is 27.7 Å². The third kappa shape index (κ3) is 3.23. The lowest BCUT2D eigenvalue weighted by Crippen LogP contribution is -2.41. The van der Waals surface area contributed by atoms with Gasteiger partial charge in [-0.2, -0.15) is 0 Å². The summed E-state index contributed by atoms with van der Waals surface area (Å²) in [6.45, 7) is 8.38. The monoisotopic (exact) mass is 434 g/mol. The van der Waals surface area contributed by atoms with Gasteiger partial charge in [0.15, 0.2) is 0 Å². The van der Waals surface area contributed by atoms with Crippen LogP contribution in [-0.4, -0.2) is 27.5 Å². The maximum Gasteiger partial charge on any atom is 0.494 e. The Morgan fingerprint density at radius 2 is 1.06 bits per heavy atom. The molecule has 5 aromatic rings. The van der Waals surface area contributed by atoms with Crippen molar-refractivity contribution in [3.63, 3.8) is 0 Å². The fourth-order valence-electron chi connectivity index (χ4n) is 4.63. The summed E-state index contributed by atoms with van der Waals surface area (Å²) in [4.78, 5) is 0. The Labute approximate surface area is 194 Å². The smallest absolute Gasteiger partial charge is 0.399 e. The van der Waals surface area contributed by atoms with E-state index in [0.717, 1.165) is 16.8 Å². The molecule has 5 heteroatoms. The highest BCUT2D eigenvalue weighted by Gasteiger charge is 2.51. The molecule has 0 amide bonds. The number of nitrogens with zero attached hydrogens (tertiary/aromatic N) is 2. The van der Waals surface area contributed by atoms with Crippen molar-refractivity contribution >= 4 is 34.4 Å². The molecule has 33 heavy (non-hydrogen) atoms. The van der Waals surface area contributed by atoms with Crippen LogP contribution in [0.15, 0.2) is 91.3 Å². The van der Waals surface area contributed by atoms with Gasteiger partial charge in [0.05, 0.1) is 22.2 Å². The van der Waals surface area contributed by atoms with Crippen LogP contribution in [0, 0.1) is 0 Å². The molecule has 1 aliphatic heterocycles. The molecular weight excluding hydrogens is 407 g/mol. The van der Waals surface area contributed by atoms with Gasteiger partial charge in [-0.25, -0.2) is 0 Å². The van der Waals surface area contributed by atoms with Gasteiger partial charge in [-0.1, -0.05) is 36.4 Å². The van der Waals surface area contributed by atoms with Crippen LogP contribution in [0.2, 0.25) is 0 Å². The van der Waals surface area contributed by atoms with Gasteiger partial charge in [-0.15, -0.1) is 0 Å². The van der Waals surface area contributed by atoms with Crippen LogP contribution >= 0.6 is 0 Å². The Kier molecular flexibility index (Phi) is 4.38. The third-order valence-corrected chi connectivity index (χ3v) is 7.21. The van der Waals surface area contributed by atoms with Crippen LogP contribution in [0.3, 0.4) is 0 Å². The Bertz CT molecular complexity index is 1390. The molecule has 0 spiro atoms. The van der Waals surface area contributed by atoms with E-state index in [1.54, 1.807) is 0 Å². The Balaban J connectivity index is 1.56. The molecule has 1 aliphatic rings. The summed E-state index contributed by atoms with van der Waals surface area (Å²) in [6.07, 6.45) is 4.26. The second-order valence-electron chi connectivity index (χ2n) is 9.86. The zero-order valence-electron chi connectivity index (χ0n) is 19.4. The first-order valence-corrected chi connectivity index (χ1v) is 11.5. The standard InChI is InChI=1S/C28H27BN2O2/c1-27(2)28(3,4)33-29(32-27)22-17-23(30-15-13-20-9-5-7-11-25(20)30)19-24(18-22)31-16-14-21-10-6-8-12-26(21)31/h5-19H,1-4H3. The summed E-state index contributed by atoms with van der Waals surface area (Å²) in [7, 11) is -0.433. The predicted molar refractivity (Wildman–Crippen MR) is 136 cm³/mol. The lowest BCUT2D eigenvalue weighted by molar-refractivity contribution is 0.00578. The molecular formula is C28H27BN2O2. The molecule has 4 nitrogen and oxygen atoms in total. The zero-order valence-corrected chi connectivity index (χ0v) is 19.4. The predicted octanol–water partition coefficient (Wildman–Crippen LogP) is 5.87. The number of hydrogen-bond donors (Lipinski definition) is 0. The molecule has 2 aromatic heterocycles. The first-order chi connectivity index (χ1) is 15.8. The fourth-order valence-corrected chi connectivity index (χ4v) is 4.63. The van der Waals surface area contributed by atoms with Crippen LogP contribution < -0.4 is 5.46 Å². The number of benzene rings is 3. The SMILES string of the molecule is CC1(C)OB(c2cc(-n3ccc4ccccc43)cc(-n3ccc4ccccc43)c2)OC1(C)C. The van der Waals surface area contributed by atoms with E-state index < -0.39 is 18.3 Å². The van der Waals surface area contributed by atoms with E-state index >= 15 is 0 Å². The van der Waals surface area contributed by atoms with Gasteiger partial charge in [-0.3, -0.25) is 0 Å². The molecule has 0 N–H and O–H groups in total. The van der Waals surface area contributed by atoms with E-state index in [2.05, 4.69) is 128 Å². The minimum Gasteiger partial charge on any atom is -0.399 e. The van der Waals surface area contributed by atoms with Gasteiger partial charge >= 0.3 is 7.12 Å². The lowest BCUT2D eigenvalue weighted by Gasteiger charge is -2.32. The van der Waals surface area contributed by atoms with Gasteiger partial charge in [0.25, 0.3) is 0 Å². The number of hydrogen-bond acceptors (Lipinski definition) is 2. The van der Waals surface area contributed by atoms with E-state index in [-0.39, 0.29) is 0 Å². The fraction of sp³-hybridized carbons (Fsp3) is 0.214. The topological polar surface area (TPSA) is 28.3 Å². The summed E-state index contributed by atoms with van der Waals surface area (Å²) in [6, 6.07) is 27.8. The van der Waals surface area contributed by atoms with Crippen molar-refractivity contribution in [1.82, 2.24) is 9.13 Å². The quantitative estimate of drug-likeness (QED) is 0.332. The molecule has 0 aliphatic carbocycles. The van der Waals surface area contributed by atoms with Gasteiger partial charge in [0, 0.05) is 23.8 Å². The number of aromatic nitrogens is 2. The number of rotatable bonds is 3. The molecule has 0 radical (unpaired) electrons. The molecule has 6 rings (SSSR count). The van der Waals surface area contributed by atoms with Crippen LogP contribution in [-0.2, 0) is 9.31 Å². The Morgan fingerprint density at radius 3 is 1.55 bits per heavy atom. The molecule has 1 saturated heterocycles. The zero-order chi connectivity index (χ0) is 22.8. The summed E-state index contributed by atoms with van der Waals surface area (Å²) in [5, 5.41) is 2.43. The highest BCUT2D eigenvalue weighted by atomic mass is 16.7. The van der Waals surface area contributed by atoms with Crippen LogP contribution in [0.5, 0.6) is 0 Å². The van der Waals surface area contributed by atoms with E-state index in [0.29, 0.717) is 0 Å². The molecule has 0 bridgehead atoms. The van der Waals surface area contributed by atoms with Crippen molar-refractivity contribution in [3.05, 3.63) is 91.3 Å². The highest BCUT2D eigenvalue weighted by molar-refractivity contribution is 6.62. The number of fused-ring (bicyclic) bond motifs is 2. The third-order valence-electron chi connectivity index (χ3n) is 7.21. The average molecular weight is 434 g/mol. The minimum atomic E-state index is -0.433. The van der Waals surface area contributed by atoms with Gasteiger partial charge in [0.2, 0.25) is 0 Å². The lowest BCUT2D eigenvalue weighted by atomic mass is 9.78. The Morgan fingerprint density at radius 1 is 0.606 bits per heavy atom. The summed E-state index contributed by atoms with van der Waals surface area (Å²) < 4.78 is 17.3. The molecule has 164 valence electrons. The molecule has 3 heterocycles. The summed E-state index contributed by atoms with van der Waals surface area (Å²) in [5.74, 6) is 0. The van der Waals surface area contributed by atoms with Gasteiger partial charge < -0.3 is 18.4 Å². The normalized spacial score (nSPS) is 17.3. The minimum absolute atomic E-state index is 0.395. The molecule has 0 unspecified atom stereocenters. The maximum absolute atomic E-state index is 6.43. The first-order valence-electron chi connectivity index (χ1n) is 11.5. The Hall–Kier alpha value is -3.28. The summed E-state index contributed by atoms with van der Waals surface area (Å²) in [5.41, 5.74) is 4.73. The van der Waals surface area contributed by atoms with Crippen molar-refractivity contribution in [2.24, 2.45) is 0 Å². The van der Waals surface area contributed by atoms with E-state index in [1.807, 2.05) is 0 Å². The van der Waals surface area contributed by atoms with Crippen LogP contribution in [0.4, 0.5) is 0 Å². The van der Waals surface area contributed by atoms with Gasteiger partial charge in [-0.05, 0) is 86.4 Å². The van der Waals surface area contributed by atoms with E-state index in [1.165, 1.54) is 21.8 Å². The average Bonchev–Trinajstić information content (AvgIpc) is 3.47. The van der Waals surface area contributed by atoms with Crippen LogP contribution in [0.25, 0.3) is 33.2 Å². The second-order valence-corrected chi connectivity index (χ2v) is 9.86. The first kappa shape index (κ1) is 20.3.